The highest BCUT2D eigenvalue weighted by molar-refractivity contribution is 5.82. The van der Waals surface area contributed by atoms with E-state index in [9.17, 15) is 0 Å². The molecule has 0 amide bonds. The van der Waals surface area contributed by atoms with E-state index in [0.29, 0.717) is 30.1 Å². The average molecular weight is 424 g/mol. The Balaban J connectivity index is 1.28. The number of ether oxygens (including phenoxy) is 2. The van der Waals surface area contributed by atoms with Gasteiger partial charge in [0.2, 0.25) is 11.7 Å². The predicted octanol–water partition coefficient (Wildman–Crippen LogP) is 3.93. The molecule has 32 heavy (non-hydrogen) atoms. The monoisotopic (exact) mass is 424 g/mol. The van der Waals surface area contributed by atoms with Gasteiger partial charge in [-0.15, -0.1) is 0 Å². The Kier molecular flexibility index (Phi) is 4.41. The van der Waals surface area contributed by atoms with E-state index in [1.54, 1.807) is 25.7 Å². The molecular weight excluding hydrogens is 404 g/mol. The van der Waals surface area contributed by atoms with Crippen molar-refractivity contribution in [3.63, 3.8) is 0 Å². The maximum atomic E-state index is 6.26. The summed E-state index contributed by atoms with van der Waals surface area (Å²) in [6.45, 7) is 0.565. The molecular formula is C24H20N6O2. The molecule has 8 heteroatoms. The molecule has 1 aliphatic carbocycles. The summed E-state index contributed by atoms with van der Waals surface area (Å²) < 4.78 is 13.3. The zero-order valence-electron chi connectivity index (χ0n) is 17.4. The minimum Gasteiger partial charge on any atom is -0.495 e. The molecule has 1 saturated carbocycles. The Labute approximate surface area is 183 Å². The maximum Gasteiger partial charge on any atom is 0.234 e. The quantitative estimate of drug-likeness (QED) is 0.408. The second-order valence-electron chi connectivity index (χ2n) is 7.87. The smallest absolute Gasteiger partial charge is 0.234 e. The summed E-state index contributed by atoms with van der Waals surface area (Å²) in [5, 5.41) is 0. The van der Waals surface area contributed by atoms with Crippen molar-refractivity contribution in [3.8, 4) is 22.9 Å². The first-order valence-electron chi connectivity index (χ1n) is 10.5. The van der Waals surface area contributed by atoms with Crippen molar-refractivity contribution in [2.45, 2.75) is 12.3 Å². The summed E-state index contributed by atoms with van der Waals surface area (Å²) >= 11 is 0. The first-order valence-corrected chi connectivity index (χ1v) is 10.5. The minimum absolute atomic E-state index is 0.394. The highest BCUT2D eigenvalue weighted by Gasteiger charge is 2.40. The standard InChI is InChI=1S/C24H20N6O2/c1-31-16-4-5-19(27-13-16)17-11-15(17)14-32-23-18(12-22-21(28-23)3-2-7-25-22)20-6-9-30-10-8-26-24(30)29-20/h2-10,12-13,15,17H,11,14H2,1H3/t15-,17+/m1/s1. The molecule has 0 saturated heterocycles. The van der Waals surface area contributed by atoms with Gasteiger partial charge in [0, 0.05) is 42.3 Å². The van der Waals surface area contributed by atoms with Gasteiger partial charge in [0.25, 0.3) is 0 Å². The van der Waals surface area contributed by atoms with Crippen LogP contribution in [0.5, 0.6) is 11.6 Å². The third kappa shape index (κ3) is 3.39. The predicted molar refractivity (Wildman–Crippen MR) is 119 cm³/mol. The number of imidazole rings is 1. The summed E-state index contributed by atoms with van der Waals surface area (Å²) in [4.78, 5) is 22.7. The number of rotatable bonds is 6. The Morgan fingerprint density at radius 2 is 1.97 bits per heavy atom. The van der Waals surface area contributed by atoms with Gasteiger partial charge in [0.15, 0.2) is 0 Å². The average Bonchev–Trinajstić information content (AvgIpc) is 3.47. The van der Waals surface area contributed by atoms with Crippen molar-refractivity contribution in [1.82, 2.24) is 29.3 Å². The molecule has 0 radical (unpaired) electrons. The summed E-state index contributed by atoms with van der Waals surface area (Å²) in [6, 6.07) is 11.7. The molecule has 5 heterocycles. The van der Waals surface area contributed by atoms with E-state index in [4.69, 9.17) is 14.5 Å². The molecule has 0 aliphatic heterocycles. The molecule has 5 aromatic rings. The molecule has 0 N–H and O–H groups in total. The lowest BCUT2D eigenvalue weighted by Crippen LogP contribution is -2.05. The van der Waals surface area contributed by atoms with Crippen LogP contribution in [0.1, 0.15) is 18.0 Å². The fourth-order valence-corrected chi connectivity index (χ4v) is 3.94. The number of nitrogens with zero attached hydrogens (tertiary/aromatic N) is 6. The minimum atomic E-state index is 0.394. The van der Waals surface area contributed by atoms with E-state index in [-0.39, 0.29) is 0 Å². The Morgan fingerprint density at radius 3 is 2.84 bits per heavy atom. The van der Waals surface area contributed by atoms with Gasteiger partial charge in [-0.25, -0.2) is 15.0 Å². The van der Waals surface area contributed by atoms with Crippen LogP contribution in [0, 0.1) is 5.92 Å². The van der Waals surface area contributed by atoms with Crippen LogP contribution >= 0.6 is 0 Å². The van der Waals surface area contributed by atoms with Crippen LogP contribution in [0.3, 0.4) is 0 Å². The van der Waals surface area contributed by atoms with Crippen LogP contribution in [0.15, 0.2) is 67.4 Å². The molecule has 5 aromatic heterocycles. The molecule has 0 spiro atoms. The number of pyridine rings is 3. The number of hydrogen-bond donors (Lipinski definition) is 0. The van der Waals surface area contributed by atoms with Crippen molar-refractivity contribution in [3.05, 3.63) is 73.1 Å². The third-order valence-corrected chi connectivity index (χ3v) is 5.82. The molecule has 1 aliphatic rings. The van der Waals surface area contributed by atoms with Crippen LogP contribution in [0.2, 0.25) is 0 Å². The van der Waals surface area contributed by atoms with Gasteiger partial charge in [-0.1, -0.05) is 0 Å². The van der Waals surface area contributed by atoms with Crippen molar-refractivity contribution in [1.29, 1.82) is 0 Å². The number of hydrogen-bond acceptors (Lipinski definition) is 7. The first kappa shape index (κ1) is 18.7. The molecule has 6 rings (SSSR count). The molecule has 0 aromatic carbocycles. The third-order valence-electron chi connectivity index (χ3n) is 5.82. The fourth-order valence-electron chi connectivity index (χ4n) is 3.94. The largest absolute Gasteiger partial charge is 0.495 e. The van der Waals surface area contributed by atoms with Gasteiger partial charge in [-0.05, 0) is 42.8 Å². The Hall–Kier alpha value is -4.07. The lowest BCUT2D eigenvalue weighted by atomic mass is 10.1. The van der Waals surface area contributed by atoms with Crippen LogP contribution in [0.4, 0.5) is 0 Å². The topological polar surface area (TPSA) is 87.3 Å². The number of methoxy groups -OCH3 is 1. The Morgan fingerprint density at radius 1 is 1.00 bits per heavy atom. The molecule has 158 valence electrons. The van der Waals surface area contributed by atoms with E-state index < -0.39 is 0 Å². The van der Waals surface area contributed by atoms with Gasteiger partial charge in [0.1, 0.15) is 5.75 Å². The number of fused-ring (bicyclic) bond motifs is 2. The summed E-state index contributed by atoms with van der Waals surface area (Å²) in [5.74, 6) is 2.75. The zero-order valence-corrected chi connectivity index (χ0v) is 17.4. The molecule has 0 unspecified atom stereocenters. The van der Waals surface area contributed by atoms with E-state index in [0.717, 1.165) is 40.2 Å². The van der Waals surface area contributed by atoms with Gasteiger partial charge in [0.05, 0.1) is 42.2 Å². The fraction of sp³-hybridized carbons (Fsp3) is 0.208. The van der Waals surface area contributed by atoms with Gasteiger partial charge < -0.3 is 9.47 Å². The number of aromatic nitrogens is 6. The molecule has 1 fully saturated rings. The van der Waals surface area contributed by atoms with Gasteiger partial charge in [-0.2, -0.15) is 0 Å². The van der Waals surface area contributed by atoms with Crippen molar-refractivity contribution in [2.75, 3.05) is 13.7 Å². The lowest BCUT2D eigenvalue weighted by Gasteiger charge is -2.12. The zero-order chi connectivity index (χ0) is 21.5. The SMILES string of the molecule is COc1ccc([C@H]2C[C@@H]2COc2nc3cccnc3cc2-c2ccn3ccnc3n2)nc1. The highest BCUT2D eigenvalue weighted by atomic mass is 16.5. The van der Waals surface area contributed by atoms with Crippen LogP contribution in [-0.4, -0.2) is 43.0 Å². The Bertz CT molecular complexity index is 1420. The molecule has 8 nitrogen and oxygen atoms in total. The molecule has 2 atom stereocenters. The van der Waals surface area contributed by atoms with E-state index in [1.165, 1.54) is 0 Å². The van der Waals surface area contributed by atoms with Crippen LogP contribution in [0.25, 0.3) is 28.1 Å². The summed E-state index contributed by atoms with van der Waals surface area (Å²) in [5.41, 5.74) is 4.22. The van der Waals surface area contributed by atoms with Gasteiger partial charge in [-0.3, -0.25) is 14.4 Å². The van der Waals surface area contributed by atoms with E-state index in [1.807, 2.05) is 53.2 Å². The normalized spacial score (nSPS) is 17.5. The van der Waals surface area contributed by atoms with Crippen LogP contribution in [-0.2, 0) is 0 Å². The van der Waals surface area contributed by atoms with E-state index in [2.05, 4.69) is 19.9 Å². The van der Waals surface area contributed by atoms with Crippen molar-refractivity contribution >= 4 is 16.8 Å². The molecule has 0 bridgehead atoms. The first-order chi connectivity index (χ1) is 15.8. The lowest BCUT2D eigenvalue weighted by molar-refractivity contribution is 0.287. The van der Waals surface area contributed by atoms with Crippen LogP contribution < -0.4 is 9.47 Å². The van der Waals surface area contributed by atoms with E-state index >= 15 is 0 Å². The van der Waals surface area contributed by atoms with Crippen molar-refractivity contribution in [2.24, 2.45) is 5.92 Å². The maximum absolute atomic E-state index is 6.26. The van der Waals surface area contributed by atoms with Crippen molar-refractivity contribution < 1.29 is 9.47 Å². The summed E-state index contributed by atoms with van der Waals surface area (Å²) in [7, 11) is 1.65. The van der Waals surface area contributed by atoms with Gasteiger partial charge >= 0.3 is 0 Å². The second-order valence-corrected chi connectivity index (χ2v) is 7.87. The summed E-state index contributed by atoms with van der Waals surface area (Å²) in [6.07, 6.45) is 10.1. The second kappa shape index (κ2) is 7.56. The highest BCUT2D eigenvalue weighted by Crippen LogP contribution is 2.47.